The van der Waals surface area contributed by atoms with Gasteiger partial charge in [-0.15, -0.1) is 0 Å². The van der Waals surface area contributed by atoms with Crippen LogP contribution in [-0.4, -0.2) is 46.2 Å². The lowest BCUT2D eigenvalue weighted by atomic mass is 9.92. The van der Waals surface area contributed by atoms with Crippen molar-refractivity contribution < 1.29 is 18.3 Å². The van der Waals surface area contributed by atoms with Gasteiger partial charge in [0.05, 0.1) is 23.7 Å². The molecule has 3 aromatic rings. The number of imidazole rings is 1. The smallest absolute Gasteiger partial charge is 0.260 e. The number of rotatable bonds is 8. The van der Waals surface area contributed by atoms with Gasteiger partial charge in [0, 0.05) is 26.3 Å². The van der Waals surface area contributed by atoms with Crippen molar-refractivity contribution in [3.8, 4) is 0 Å². The van der Waals surface area contributed by atoms with E-state index in [9.17, 15) is 18.3 Å². The van der Waals surface area contributed by atoms with Crippen LogP contribution in [0.2, 0.25) is 10.0 Å². The van der Waals surface area contributed by atoms with E-state index in [1.165, 1.54) is 15.7 Å². The fourth-order valence-electron chi connectivity index (χ4n) is 4.12. The maximum absolute atomic E-state index is 14.0. The van der Waals surface area contributed by atoms with Gasteiger partial charge in [-0.25, -0.2) is 18.3 Å². The third kappa shape index (κ3) is 5.19. The number of anilines is 2. The van der Waals surface area contributed by atoms with E-state index in [1.807, 2.05) is 24.3 Å². The second kappa shape index (κ2) is 10.1. The van der Waals surface area contributed by atoms with E-state index in [4.69, 9.17) is 23.2 Å². The zero-order valence-electron chi connectivity index (χ0n) is 18.5. The van der Waals surface area contributed by atoms with E-state index in [1.54, 1.807) is 25.1 Å². The van der Waals surface area contributed by atoms with E-state index in [0.29, 0.717) is 15.7 Å². The molecule has 2 heterocycles. The Kier molecular flexibility index (Phi) is 7.72. The standard InChI is InChI=1S/C23H21Br2Cl2N3O4S/c1-23(11-14-2-4-15(25)5-3-14)21(32)29(18-9-16(26)8-17(27)10-18)22-28-13-20(30(22)23)35(33,34)7-6-19(31)12-24/h2-5,8-10,13,19,31H,6-7,11-12H2,1H3. The number of carbonyl (C=O) groups is 1. The topological polar surface area (TPSA) is 92.5 Å². The number of halogens is 4. The number of sulfone groups is 1. The Hall–Kier alpha value is -1.43. The summed E-state index contributed by atoms with van der Waals surface area (Å²) in [7, 11) is -3.88. The van der Waals surface area contributed by atoms with Crippen molar-refractivity contribution in [1.29, 1.82) is 0 Å². The molecule has 0 bridgehead atoms. The predicted octanol–water partition coefficient (Wildman–Crippen LogP) is 5.51. The van der Waals surface area contributed by atoms with E-state index < -0.39 is 21.5 Å². The van der Waals surface area contributed by atoms with Gasteiger partial charge in [-0.2, -0.15) is 0 Å². The Morgan fingerprint density at radius 3 is 2.37 bits per heavy atom. The maximum atomic E-state index is 14.0. The Bertz CT molecular complexity index is 1360. The molecule has 1 aliphatic heterocycles. The monoisotopic (exact) mass is 663 g/mol. The minimum Gasteiger partial charge on any atom is -0.392 e. The number of benzene rings is 2. The molecule has 1 N–H and O–H groups in total. The third-order valence-corrected chi connectivity index (χ3v) is 9.26. The van der Waals surface area contributed by atoms with E-state index in [-0.39, 0.29) is 40.8 Å². The van der Waals surface area contributed by atoms with Crippen LogP contribution >= 0.6 is 55.1 Å². The van der Waals surface area contributed by atoms with Crippen LogP contribution in [0, 0.1) is 0 Å². The molecule has 1 aromatic heterocycles. The number of fused-ring (bicyclic) bond motifs is 1. The van der Waals surface area contributed by atoms with Crippen LogP contribution in [0.25, 0.3) is 0 Å². The molecule has 0 aliphatic carbocycles. The minimum absolute atomic E-state index is 0.0408. The summed E-state index contributed by atoms with van der Waals surface area (Å²) in [5, 5.41) is 10.7. The molecule has 0 saturated heterocycles. The van der Waals surface area contributed by atoms with Crippen LogP contribution in [0.4, 0.5) is 11.6 Å². The van der Waals surface area contributed by atoms with Crippen LogP contribution in [0.5, 0.6) is 0 Å². The molecular weight excluding hydrogens is 645 g/mol. The van der Waals surface area contributed by atoms with Crippen molar-refractivity contribution in [3.05, 3.63) is 68.7 Å². The lowest BCUT2D eigenvalue weighted by molar-refractivity contribution is -0.124. The summed E-state index contributed by atoms with van der Waals surface area (Å²) in [6.45, 7) is 1.70. The van der Waals surface area contributed by atoms with Crippen molar-refractivity contribution in [2.45, 2.75) is 36.4 Å². The highest BCUT2D eigenvalue weighted by molar-refractivity contribution is 9.10. The highest BCUT2D eigenvalue weighted by Gasteiger charge is 2.51. The molecule has 0 radical (unpaired) electrons. The van der Waals surface area contributed by atoms with Crippen molar-refractivity contribution in [1.82, 2.24) is 9.55 Å². The van der Waals surface area contributed by atoms with Crippen molar-refractivity contribution >= 4 is 82.4 Å². The summed E-state index contributed by atoms with van der Waals surface area (Å²) >= 11 is 19.0. The molecule has 2 atom stereocenters. The first-order valence-corrected chi connectivity index (χ1v) is 14.9. The third-order valence-electron chi connectivity index (χ3n) is 5.85. The maximum Gasteiger partial charge on any atom is 0.260 e. The molecule has 1 aliphatic rings. The van der Waals surface area contributed by atoms with Gasteiger partial charge in [-0.3, -0.25) is 9.36 Å². The summed E-state index contributed by atoms with van der Waals surface area (Å²) in [6.07, 6.45) is 0.710. The second-order valence-corrected chi connectivity index (χ2v) is 13.0. The van der Waals surface area contributed by atoms with Crippen molar-refractivity contribution in [3.63, 3.8) is 0 Å². The van der Waals surface area contributed by atoms with E-state index in [0.717, 1.165) is 10.0 Å². The van der Waals surface area contributed by atoms with Crippen molar-refractivity contribution in [2.24, 2.45) is 0 Å². The van der Waals surface area contributed by atoms with Gasteiger partial charge in [0.25, 0.3) is 5.91 Å². The number of hydrogen-bond acceptors (Lipinski definition) is 5. The van der Waals surface area contributed by atoms with Gasteiger partial charge in [0.15, 0.2) is 14.9 Å². The highest BCUT2D eigenvalue weighted by Crippen LogP contribution is 2.44. The molecule has 0 fully saturated rings. The second-order valence-electron chi connectivity index (χ2n) is 8.49. The molecule has 7 nitrogen and oxygen atoms in total. The fraction of sp³-hybridized carbons (Fsp3) is 0.304. The van der Waals surface area contributed by atoms with Gasteiger partial charge in [0.1, 0.15) is 5.54 Å². The van der Waals surface area contributed by atoms with Gasteiger partial charge in [0.2, 0.25) is 5.95 Å². The number of carbonyl (C=O) groups excluding carboxylic acids is 1. The fourth-order valence-corrected chi connectivity index (χ4v) is 6.79. The van der Waals surface area contributed by atoms with Gasteiger partial charge in [-0.05, 0) is 49.2 Å². The molecule has 186 valence electrons. The molecule has 12 heteroatoms. The number of aliphatic hydroxyl groups excluding tert-OH is 1. The molecule has 35 heavy (non-hydrogen) atoms. The molecule has 4 rings (SSSR count). The van der Waals surface area contributed by atoms with Gasteiger partial charge >= 0.3 is 0 Å². The summed E-state index contributed by atoms with van der Waals surface area (Å²) in [6, 6.07) is 12.2. The van der Waals surface area contributed by atoms with Crippen LogP contribution in [0.15, 0.2) is 58.2 Å². The summed E-state index contributed by atoms with van der Waals surface area (Å²) in [4.78, 5) is 19.7. The number of aromatic nitrogens is 2. The minimum atomic E-state index is -3.88. The zero-order valence-corrected chi connectivity index (χ0v) is 24.0. The first-order valence-electron chi connectivity index (χ1n) is 10.6. The number of amides is 1. The Labute approximate surface area is 230 Å². The lowest BCUT2D eigenvalue weighted by Crippen LogP contribution is -2.42. The average Bonchev–Trinajstić information content (AvgIpc) is 3.32. The Morgan fingerprint density at radius 2 is 1.77 bits per heavy atom. The van der Waals surface area contributed by atoms with Crippen LogP contribution in [-0.2, 0) is 26.6 Å². The predicted molar refractivity (Wildman–Crippen MR) is 144 cm³/mol. The number of nitrogens with zero attached hydrogens (tertiary/aromatic N) is 3. The molecule has 2 unspecified atom stereocenters. The first kappa shape index (κ1) is 26.6. The lowest BCUT2D eigenvalue weighted by Gasteiger charge is -2.26. The number of hydrogen-bond donors (Lipinski definition) is 1. The van der Waals surface area contributed by atoms with Crippen LogP contribution in [0.1, 0.15) is 18.9 Å². The number of aliphatic hydroxyl groups is 1. The van der Waals surface area contributed by atoms with E-state index >= 15 is 0 Å². The summed E-state index contributed by atoms with van der Waals surface area (Å²) in [5.41, 5.74) is -0.0736. The Balaban J connectivity index is 1.86. The summed E-state index contributed by atoms with van der Waals surface area (Å²) in [5.74, 6) is -0.498. The number of alkyl halides is 1. The van der Waals surface area contributed by atoms with Gasteiger partial charge < -0.3 is 5.11 Å². The van der Waals surface area contributed by atoms with Gasteiger partial charge in [-0.1, -0.05) is 67.2 Å². The molecule has 0 saturated carbocycles. The normalized spacial score (nSPS) is 18.7. The van der Waals surface area contributed by atoms with Crippen LogP contribution < -0.4 is 4.90 Å². The molecule has 1 amide bonds. The Morgan fingerprint density at radius 1 is 1.14 bits per heavy atom. The zero-order chi connectivity index (χ0) is 25.5. The first-order chi connectivity index (χ1) is 16.5. The average molecular weight is 666 g/mol. The largest absolute Gasteiger partial charge is 0.392 e. The molecule has 2 aromatic carbocycles. The molecule has 0 spiro atoms. The molecular formula is C23H21Br2Cl2N3O4S. The van der Waals surface area contributed by atoms with E-state index in [2.05, 4.69) is 36.8 Å². The summed E-state index contributed by atoms with van der Waals surface area (Å²) < 4.78 is 29.1. The SMILES string of the molecule is CC1(Cc2ccc(Br)cc2)C(=O)N(c2cc(Cl)cc(Cl)c2)c2ncc(S(=O)(=O)CCC(O)CBr)n21. The van der Waals surface area contributed by atoms with Crippen molar-refractivity contribution in [2.75, 3.05) is 16.0 Å². The van der Waals surface area contributed by atoms with Crippen LogP contribution in [0.3, 0.4) is 0 Å². The quantitative estimate of drug-likeness (QED) is 0.321. The highest BCUT2D eigenvalue weighted by atomic mass is 79.9.